The lowest BCUT2D eigenvalue weighted by Gasteiger charge is -2.02. The van der Waals surface area contributed by atoms with Crippen LogP contribution in [0.4, 0.5) is 0 Å². The highest BCUT2D eigenvalue weighted by molar-refractivity contribution is 6.31. The first kappa shape index (κ1) is 8.79. The van der Waals surface area contributed by atoms with E-state index in [4.69, 9.17) is 23.2 Å². The molecule has 0 saturated carbocycles. The van der Waals surface area contributed by atoms with Crippen molar-refractivity contribution >= 4 is 34.1 Å². The maximum absolute atomic E-state index is 5.90. The Labute approximate surface area is 86.3 Å². The highest BCUT2D eigenvalue weighted by Gasteiger charge is 2.01. The zero-order valence-corrected chi connectivity index (χ0v) is 8.52. The van der Waals surface area contributed by atoms with Gasteiger partial charge in [-0.25, -0.2) is 4.98 Å². The van der Waals surface area contributed by atoms with Gasteiger partial charge in [0.05, 0.1) is 5.52 Å². The lowest BCUT2D eigenvalue weighted by atomic mass is 10.1. The van der Waals surface area contributed by atoms with Crippen molar-refractivity contribution in [2.75, 3.05) is 0 Å². The third-order valence-corrected chi connectivity index (χ3v) is 2.34. The molecule has 0 aliphatic carbocycles. The standard InChI is InChI=1S/C10H7Cl2N/c1-6-4-8(11)5-7-2-3-9(12)13-10(6)7/h2-5H,1H3. The number of halogens is 2. The van der Waals surface area contributed by atoms with Crippen LogP contribution >= 0.6 is 23.2 Å². The van der Waals surface area contributed by atoms with E-state index >= 15 is 0 Å². The molecule has 3 heteroatoms. The Balaban J connectivity index is 2.87. The van der Waals surface area contributed by atoms with E-state index in [1.807, 2.05) is 25.1 Å². The van der Waals surface area contributed by atoms with Gasteiger partial charge in [0, 0.05) is 10.4 Å². The average molecular weight is 212 g/mol. The molecule has 0 atom stereocenters. The summed E-state index contributed by atoms with van der Waals surface area (Å²) in [5.74, 6) is 0. The molecular formula is C10H7Cl2N. The molecule has 1 aromatic carbocycles. The first-order valence-electron chi connectivity index (χ1n) is 3.89. The van der Waals surface area contributed by atoms with E-state index in [-0.39, 0.29) is 0 Å². The van der Waals surface area contributed by atoms with Gasteiger partial charge in [-0.1, -0.05) is 23.2 Å². The molecular weight excluding hydrogens is 205 g/mol. The summed E-state index contributed by atoms with van der Waals surface area (Å²) in [6.07, 6.45) is 0. The van der Waals surface area contributed by atoms with Crippen LogP contribution in [-0.2, 0) is 0 Å². The van der Waals surface area contributed by atoms with Crippen LogP contribution in [0.3, 0.4) is 0 Å². The van der Waals surface area contributed by atoms with E-state index in [1.165, 1.54) is 0 Å². The molecule has 0 aliphatic rings. The lowest BCUT2D eigenvalue weighted by molar-refractivity contribution is 1.37. The van der Waals surface area contributed by atoms with Gasteiger partial charge in [-0.15, -0.1) is 0 Å². The van der Waals surface area contributed by atoms with Gasteiger partial charge in [0.2, 0.25) is 0 Å². The molecule has 2 aromatic rings. The molecule has 13 heavy (non-hydrogen) atoms. The molecule has 1 aromatic heterocycles. The Bertz CT molecular complexity index is 466. The third kappa shape index (κ3) is 1.62. The number of hydrogen-bond donors (Lipinski definition) is 0. The summed E-state index contributed by atoms with van der Waals surface area (Å²) in [5.41, 5.74) is 1.96. The van der Waals surface area contributed by atoms with E-state index < -0.39 is 0 Å². The van der Waals surface area contributed by atoms with Crippen LogP contribution in [0, 0.1) is 6.92 Å². The largest absolute Gasteiger partial charge is 0.236 e. The fourth-order valence-electron chi connectivity index (χ4n) is 1.34. The monoisotopic (exact) mass is 211 g/mol. The summed E-state index contributed by atoms with van der Waals surface area (Å²) < 4.78 is 0. The minimum Gasteiger partial charge on any atom is -0.236 e. The Morgan fingerprint density at radius 1 is 1.15 bits per heavy atom. The van der Waals surface area contributed by atoms with Crippen molar-refractivity contribution in [3.63, 3.8) is 0 Å². The van der Waals surface area contributed by atoms with E-state index in [0.717, 1.165) is 21.5 Å². The quantitative estimate of drug-likeness (QED) is 0.604. The van der Waals surface area contributed by atoms with Gasteiger partial charge >= 0.3 is 0 Å². The summed E-state index contributed by atoms with van der Waals surface area (Å²) in [6.45, 7) is 1.97. The van der Waals surface area contributed by atoms with Crippen molar-refractivity contribution in [1.82, 2.24) is 4.98 Å². The summed E-state index contributed by atoms with van der Waals surface area (Å²) in [4.78, 5) is 4.22. The number of benzene rings is 1. The van der Waals surface area contributed by atoms with E-state index in [1.54, 1.807) is 6.07 Å². The summed E-state index contributed by atoms with van der Waals surface area (Å²) in [6, 6.07) is 7.45. The number of hydrogen-bond acceptors (Lipinski definition) is 1. The Morgan fingerprint density at radius 2 is 1.92 bits per heavy atom. The van der Waals surface area contributed by atoms with Crippen LogP contribution in [0.15, 0.2) is 24.3 Å². The van der Waals surface area contributed by atoms with Gasteiger partial charge in [0.15, 0.2) is 0 Å². The van der Waals surface area contributed by atoms with Gasteiger partial charge in [0.25, 0.3) is 0 Å². The zero-order chi connectivity index (χ0) is 9.42. The second kappa shape index (κ2) is 3.17. The van der Waals surface area contributed by atoms with Gasteiger partial charge in [0.1, 0.15) is 5.15 Å². The lowest BCUT2D eigenvalue weighted by Crippen LogP contribution is -1.83. The van der Waals surface area contributed by atoms with Crippen molar-refractivity contribution in [3.05, 3.63) is 40.0 Å². The van der Waals surface area contributed by atoms with E-state index in [2.05, 4.69) is 4.98 Å². The van der Waals surface area contributed by atoms with Crippen LogP contribution in [0.1, 0.15) is 5.56 Å². The maximum Gasteiger partial charge on any atom is 0.129 e. The topological polar surface area (TPSA) is 12.9 Å². The number of fused-ring (bicyclic) bond motifs is 1. The van der Waals surface area contributed by atoms with Crippen LogP contribution in [0.25, 0.3) is 10.9 Å². The molecule has 0 saturated heterocycles. The normalized spacial score (nSPS) is 10.7. The molecule has 0 radical (unpaired) electrons. The first-order valence-corrected chi connectivity index (χ1v) is 4.65. The molecule has 0 aliphatic heterocycles. The number of aryl methyl sites for hydroxylation is 1. The molecule has 0 unspecified atom stereocenters. The predicted molar refractivity (Wildman–Crippen MR) is 56.5 cm³/mol. The van der Waals surface area contributed by atoms with Crippen molar-refractivity contribution in [2.24, 2.45) is 0 Å². The minimum absolute atomic E-state index is 0.512. The first-order chi connectivity index (χ1) is 6.16. The molecule has 0 spiro atoms. The van der Waals surface area contributed by atoms with Crippen LogP contribution in [0.2, 0.25) is 10.2 Å². The van der Waals surface area contributed by atoms with Crippen molar-refractivity contribution in [3.8, 4) is 0 Å². The summed E-state index contributed by atoms with van der Waals surface area (Å²) in [7, 11) is 0. The molecule has 2 rings (SSSR count). The average Bonchev–Trinajstić information content (AvgIpc) is 2.06. The van der Waals surface area contributed by atoms with E-state index in [0.29, 0.717) is 5.15 Å². The number of rotatable bonds is 0. The number of pyridine rings is 1. The fraction of sp³-hybridized carbons (Fsp3) is 0.100. The highest BCUT2D eigenvalue weighted by Crippen LogP contribution is 2.23. The third-order valence-electron chi connectivity index (χ3n) is 1.91. The molecule has 0 fully saturated rings. The number of aromatic nitrogens is 1. The summed E-state index contributed by atoms with van der Waals surface area (Å²) in [5, 5.41) is 2.27. The van der Waals surface area contributed by atoms with Gasteiger partial charge < -0.3 is 0 Å². The van der Waals surface area contributed by atoms with Gasteiger partial charge in [-0.05, 0) is 36.8 Å². The van der Waals surface area contributed by atoms with Crippen molar-refractivity contribution < 1.29 is 0 Å². The van der Waals surface area contributed by atoms with Crippen LogP contribution in [0.5, 0.6) is 0 Å². The number of nitrogens with zero attached hydrogens (tertiary/aromatic N) is 1. The molecule has 0 amide bonds. The second-order valence-corrected chi connectivity index (χ2v) is 3.75. The molecule has 1 heterocycles. The Hall–Kier alpha value is -0.790. The van der Waals surface area contributed by atoms with Crippen molar-refractivity contribution in [2.45, 2.75) is 6.92 Å². The Morgan fingerprint density at radius 3 is 2.69 bits per heavy atom. The van der Waals surface area contributed by atoms with Crippen LogP contribution < -0.4 is 0 Å². The second-order valence-electron chi connectivity index (χ2n) is 2.93. The fourth-order valence-corrected chi connectivity index (χ4v) is 1.77. The minimum atomic E-state index is 0.512. The SMILES string of the molecule is Cc1cc(Cl)cc2ccc(Cl)nc12. The molecule has 1 nitrogen and oxygen atoms in total. The molecule has 0 bridgehead atoms. The predicted octanol–water partition coefficient (Wildman–Crippen LogP) is 3.85. The van der Waals surface area contributed by atoms with Gasteiger partial charge in [-0.2, -0.15) is 0 Å². The van der Waals surface area contributed by atoms with E-state index in [9.17, 15) is 0 Å². The zero-order valence-electron chi connectivity index (χ0n) is 7.01. The van der Waals surface area contributed by atoms with Crippen molar-refractivity contribution in [1.29, 1.82) is 0 Å². The van der Waals surface area contributed by atoms with Crippen LogP contribution in [-0.4, -0.2) is 4.98 Å². The van der Waals surface area contributed by atoms with Gasteiger partial charge in [-0.3, -0.25) is 0 Å². The smallest absolute Gasteiger partial charge is 0.129 e. The highest BCUT2D eigenvalue weighted by atomic mass is 35.5. The molecule has 0 N–H and O–H groups in total. The molecule has 66 valence electrons. The maximum atomic E-state index is 5.90. The summed E-state index contributed by atoms with van der Waals surface area (Å²) >= 11 is 11.7. The Kier molecular flexibility index (Phi) is 2.14.